The van der Waals surface area contributed by atoms with Crippen LogP contribution in [0.25, 0.3) is 6.08 Å². The molecule has 29 heavy (non-hydrogen) atoms. The van der Waals surface area contributed by atoms with Crippen molar-refractivity contribution in [3.8, 4) is 6.07 Å². The van der Waals surface area contributed by atoms with Crippen molar-refractivity contribution in [1.82, 2.24) is 10.3 Å². The summed E-state index contributed by atoms with van der Waals surface area (Å²) in [6, 6.07) is 7.74. The predicted molar refractivity (Wildman–Crippen MR) is 107 cm³/mol. The van der Waals surface area contributed by atoms with Crippen LogP contribution in [0.15, 0.2) is 35.2 Å². The van der Waals surface area contributed by atoms with Gasteiger partial charge < -0.3 is 10.1 Å². The van der Waals surface area contributed by atoms with Crippen molar-refractivity contribution in [2.45, 2.75) is 25.9 Å². The van der Waals surface area contributed by atoms with Crippen molar-refractivity contribution in [2.75, 3.05) is 18.1 Å². The Morgan fingerprint density at radius 2 is 2.28 bits per heavy atom. The number of nitrogens with one attached hydrogen (secondary N) is 1. The molecule has 3 rings (SSSR count). The second kappa shape index (κ2) is 9.41. The van der Waals surface area contributed by atoms with Crippen LogP contribution >= 0.6 is 11.3 Å². The second-order valence-electron chi connectivity index (χ2n) is 6.38. The van der Waals surface area contributed by atoms with Crippen LogP contribution in [0.3, 0.4) is 0 Å². The highest BCUT2D eigenvalue weighted by molar-refractivity contribution is 7.14. The van der Waals surface area contributed by atoms with Crippen LogP contribution in [-0.2, 0) is 14.3 Å². The number of halogens is 1. The number of nitrogens with zero attached hydrogens (tertiary/aromatic N) is 3. The van der Waals surface area contributed by atoms with E-state index in [0.717, 1.165) is 29.1 Å². The lowest BCUT2D eigenvalue weighted by molar-refractivity contribution is -0.117. The Morgan fingerprint density at radius 1 is 1.48 bits per heavy atom. The minimum atomic E-state index is -0.554. The molecule has 7 nitrogen and oxygen atoms in total. The monoisotopic (exact) mass is 414 g/mol. The first-order valence-corrected chi connectivity index (χ1v) is 9.90. The van der Waals surface area contributed by atoms with Gasteiger partial charge in [-0.15, -0.1) is 11.3 Å². The van der Waals surface area contributed by atoms with E-state index < -0.39 is 17.6 Å². The first-order valence-electron chi connectivity index (χ1n) is 9.02. The van der Waals surface area contributed by atoms with Crippen LogP contribution < -0.4 is 10.2 Å². The molecule has 1 aromatic carbocycles. The number of carbonyl (C=O) groups excluding carboxylic acids is 2. The van der Waals surface area contributed by atoms with Gasteiger partial charge in [0.15, 0.2) is 5.13 Å². The van der Waals surface area contributed by atoms with Crippen LogP contribution in [0, 0.1) is 17.1 Å². The lowest BCUT2D eigenvalue weighted by atomic mass is 10.2. The number of benzene rings is 1. The van der Waals surface area contributed by atoms with Crippen LogP contribution in [0.5, 0.6) is 0 Å². The van der Waals surface area contributed by atoms with Gasteiger partial charge in [-0.1, -0.05) is 12.1 Å². The molecule has 2 amide bonds. The van der Waals surface area contributed by atoms with Crippen molar-refractivity contribution < 1.29 is 18.7 Å². The van der Waals surface area contributed by atoms with Gasteiger partial charge in [-0.2, -0.15) is 5.26 Å². The highest BCUT2D eigenvalue weighted by Crippen LogP contribution is 2.31. The van der Waals surface area contributed by atoms with Crippen molar-refractivity contribution in [1.29, 1.82) is 5.26 Å². The molecule has 0 unspecified atom stereocenters. The van der Waals surface area contributed by atoms with Gasteiger partial charge in [0.25, 0.3) is 5.91 Å². The van der Waals surface area contributed by atoms with Crippen molar-refractivity contribution >= 4 is 40.0 Å². The van der Waals surface area contributed by atoms with Gasteiger partial charge in [0, 0.05) is 25.5 Å². The lowest BCUT2D eigenvalue weighted by Crippen LogP contribution is -2.32. The Labute approximate surface area is 171 Å². The van der Waals surface area contributed by atoms with Gasteiger partial charge in [0.1, 0.15) is 17.5 Å². The van der Waals surface area contributed by atoms with Crippen molar-refractivity contribution in [3.63, 3.8) is 0 Å². The average Bonchev–Trinajstić information content (AvgIpc) is 3.38. The minimum Gasteiger partial charge on any atom is -0.376 e. The molecular formula is C20H19FN4O3S. The number of carbonyl (C=O) groups is 2. The summed E-state index contributed by atoms with van der Waals surface area (Å²) in [5.41, 5.74) is 0.302. The molecule has 1 aliphatic heterocycles. The molecule has 1 atom stereocenters. The maximum absolute atomic E-state index is 14.1. The molecule has 1 aromatic heterocycles. The van der Waals surface area contributed by atoms with Crippen LogP contribution in [-0.4, -0.2) is 36.1 Å². The zero-order chi connectivity index (χ0) is 20.8. The number of para-hydroxylation sites is 1. The van der Waals surface area contributed by atoms with Crippen LogP contribution in [0.1, 0.15) is 25.5 Å². The van der Waals surface area contributed by atoms with E-state index >= 15 is 0 Å². The Balaban J connectivity index is 1.78. The summed E-state index contributed by atoms with van der Waals surface area (Å²) in [7, 11) is 0. The molecule has 0 radical (unpaired) electrons. The first kappa shape index (κ1) is 20.6. The van der Waals surface area contributed by atoms with Crippen LogP contribution in [0.2, 0.25) is 0 Å². The summed E-state index contributed by atoms with van der Waals surface area (Å²) >= 11 is 1.11. The molecule has 0 saturated carbocycles. The number of aromatic nitrogens is 1. The molecule has 0 bridgehead atoms. The fraction of sp³-hybridized carbons (Fsp3) is 0.300. The van der Waals surface area contributed by atoms with Gasteiger partial charge in [0.05, 0.1) is 17.5 Å². The number of thiazole rings is 1. The van der Waals surface area contributed by atoms with E-state index in [0.29, 0.717) is 18.8 Å². The molecule has 1 N–H and O–H groups in total. The lowest BCUT2D eigenvalue weighted by Gasteiger charge is -2.18. The average molecular weight is 414 g/mol. The molecule has 150 valence electrons. The summed E-state index contributed by atoms with van der Waals surface area (Å²) < 4.78 is 19.6. The van der Waals surface area contributed by atoms with Crippen molar-refractivity contribution in [2.24, 2.45) is 0 Å². The third-order valence-electron chi connectivity index (χ3n) is 4.28. The normalized spacial score (nSPS) is 16.3. The number of hydrogen-bond acceptors (Lipinski definition) is 6. The van der Waals surface area contributed by atoms with Gasteiger partial charge in [-0.25, -0.2) is 9.37 Å². The summed E-state index contributed by atoms with van der Waals surface area (Å²) in [6.45, 7) is 2.33. The number of rotatable bonds is 6. The smallest absolute Gasteiger partial charge is 0.262 e. The largest absolute Gasteiger partial charge is 0.376 e. The molecule has 1 saturated heterocycles. The van der Waals surface area contributed by atoms with Gasteiger partial charge >= 0.3 is 0 Å². The second-order valence-corrected chi connectivity index (χ2v) is 7.21. The maximum Gasteiger partial charge on any atom is 0.262 e. The van der Waals surface area contributed by atoms with E-state index in [1.165, 1.54) is 31.2 Å². The first-order chi connectivity index (χ1) is 14.0. The fourth-order valence-electron chi connectivity index (χ4n) is 2.89. The zero-order valence-corrected chi connectivity index (χ0v) is 16.5. The Bertz CT molecular complexity index is 976. The van der Waals surface area contributed by atoms with Crippen LogP contribution in [0.4, 0.5) is 15.2 Å². The maximum atomic E-state index is 14.1. The zero-order valence-electron chi connectivity index (χ0n) is 15.7. The molecule has 1 aliphatic rings. The SMILES string of the molecule is CC(=O)N(c1nc(/C=C(\C#N)C(=O)NC[C@H]2CCCO2)cs1)c1ccccc1F. The third kappa shape index (κ3) is 5.04. The number of ether oxygens (including phenoxy) is 1. The van der Waals surface area contributed by atoms with Gasteiger partial charge in [0.2, 0.25) is 5.91 Å². The van der Waals surface area contributed by atoms with Gasteiger partial charge in [-0.3, -0.25) is 14.5 Å². The Hall–Kier alpha value is -3.09. The van der Waals surface area contributed by atoms with E-state index in [1.807, 2.05) is 6.07 Å². The topological polar surface area (TPSA) is 95.3 Å². The van der Waals surface area contributed by atoms with E-state index in [1.54, 1.807) is 11.4 Å². The molecule has 1 fully saturated rings. The molecule has 9 heteroatoms. The molecule has 2 aromatic rings. The standard InChI is InChI=1S/C20H19FN4O3S/c1-13(26)25(18-7-3-2-6-17(18)21)20-24-15(12-29-20)9-14(10-22)19(27)23-11-16-5-4-8-28-16/h2-3,6-7,9,12,16H,4-5,8,11H2,1H3,(H,23,27)/b14-9+/t16-/m1/s1. The summed E-state index contributed by atoms with van der Waals surface area (Å²) in [5, 5.41) is 13.8. The fourth-order valence-corrected chi connectivity index (χ4v) is 3.73. The number of anilines is 2. The molecule has 0 spiro atoms. The number of hydrogen-bond donors (Lipinski definition) is 1. The van der Waals surface area contributed by atoms with E-state index in [9.17, 15) is 19.2 Å². The molecule has 0 aliphatic carbocycles. The summed E-state index contributed by atoms with van der Waals surface area (Å²) in [5.74, 6) is -1.48. The third-order valence-corrected chi connectivity index (χ3v) is 5.12. The minimum absolute atomic E-state index is 0.0327. The quantitative estimate of drug-likeness (QED) is 0.579. The van der Waals surface area contributed by atoms with Gasteiger partial charge in [-0.05, 0) is 31.1 Å². The summed E-state index contributed by atoms with van der Waals surface area (Å²) in [4.78, 5) is 29.8. The molecule has 2 heterocycles. The summed E-state index contributed by atoms with van der Waals surface area (Å²) in [6.07, 6.45) is 3.13. The highest BCUT2D eigenvalue weighted by Gasteiger charge is 2.21. The molecular weight excluding hydrogens is 395 g/mol. The Kier molecular flexibility index (Phi) is 6.69. The van der Waals surface area contributed by atoms with E-state index in [-0.39, 0.29) is 22.5 Å². The highest BCUT2D eigenvalue weighted by atomic mass is 32.1. The number of amides is 2. The predicted octanol–water partition coefficient (Wildman–Crippen LogP) is 3.17. The number of nitriles is 1. The Morgan fingerprint density at radius 3 is 2.93 bits per heavy atom. The van der Waals surface area contributed by atoms with E-state index in [4.69, 9.17) is 4.74 Å². The van der Waals surface area contributed by atoms with E-state index in [2.05, 4.69) is 10.3 Å². The van der Waals surface area contributed by atoms with Crippen molar-refractivity contribution in [3.05, 3.63) is 46.7 Å².